The molecule has 0 spiro atoms. The van der Waals surface area contributed by atoms with Gasteiger partial charge in [-0.2, -0.15) is 0 Å². The Morgan fingerprint density at radius 3 is 1.57 bits per heavy atom. The molecule has 6 rings (SSSR count). The zero-order valence-corrected chi connectivity index (χ0v) is 30.3. The molecule has 0 saturated carbocycles. The Morgan fingerprint density at radius 1 is 0.591 bits per heavy atom. The van der Waals surface area contributed by atoms with E-state index in [0.717, 1.165) is 5.92 Å². The van der Waals surface area contributed by atoms with Gasteiger partial charge in [0.25, 0.3) is 0 Å². The number of allylic oxidation sites excluding steroid dienone is 14. The Kier molecular flexibility index (Phi) is 23.1. The van der Waals surface area contributed by atoms with E-state index in [-0.39, 0.29) is 0 Å². The fraction of sp³-hybridized carbons (Fsp3) is 0.409. The van der Waals surface area contributed by atoms with Gasteiger partial charge < -0.3 is 0 Å². The summed E-state index contributed by atoms with van der Waals surface area (Å²) >= 11 is 0. The van der Waals surface area contributed by atoms with Gasteiger partial charge in [0.1, 0.15) is 0 Å². The maximum atomic E-state index is 2.35. The van der Waals surface area contributed by atoms with Crippen molar-refractivity contribution in [2.45, 2.75) is 102 Å². The smallest absolute Gasteiger partial charge is 0.00644 e. The van der Waals surface area contributed by atoms with E-state index in [0.29, 0.717) is 11.8 Å². The summed E-state index contributed by atoms with van der Waals surface area (Å²) in [6, 6.07) is 20.5. The van der Waals surface area contributed by atoms with E-state index in [1.807, 2.05) is 77.9 Å². The van der Waals surface area contributed by atoms with Crippen molar-refractivity contribution in [3.63, 3.8) is 0 Å². The normalized spacial score (nSPS) is 19.8. The fourth-order valence-electron chi connectivity index (χ4n) is 5.16. The zero-order valence-electron chi connectivity index (χ0n) is 30.3. The van der Waals surface area contributed by atoms with Gasteiger partial charge >= 0.3 is 0 Å². The molecule has 0 bridgehead atoms. The second-order valence-electron chi connectivity index (χ2n) is 11.0. The van der Waals surface area contributed by atoms with Crippen LogP contribution in [0.3, 0.4) is 0 Å². The highest BCUT2D eigenvalue weighted by atomic mass is 14.3. The molecule has 44 heavy (non-hydrogen) atoms. The summed E-state index contributed by atoms with van der Waals surface area (Å²) in [5.74, 6) is 2.09. The van der Waals surface area contributed by atoms with Gasteiger partial charge in [0.2, 0.25) is 0 Å². The molecule has 4 aliphatic rings. The molecule has 0 aliphatic heterocycles. The standard InChI is InChI=1S/C16H18.C8H12.2C7H8.3C2H6/c1-11-6-5-9-15-14-8-4-3-7-13(14)10-12(2)16(11)15;1-7-3-5-8(2)6-4-7;2*1-7-5-3-2-4-6-7;3*1-2/h3-5,7-9,11,13H,6,10H2,1-2H3;3-5,8H,6H2,1-2H3;2*2-6H,1H3;3*1-2H3. The first kappa shape index (κ1) is 40.6. The summed E-state index contributed by atoms with van der Waals surface area (Å²) in [5.41, 5.74) is 10.3. The molecule has 0 heteroatoms. The van der Waals surface area contributed by atoms with Crippen LogP contribution < -0.4 is 0 Å². The van der Waals surface area contributed by atoms with E-state index < -0.39 is 0 Å². The molecule has 2 aromatic rings. The lowest BCUT2D eigenvalue weighted by Crippen LogP contribution is -2.18. The van der Waals surface area contributed by atoms with Gasteiger partial charge in [0, 0.05) is 5.92 Å². The number of benzene rings is 2. The van der Waals surface area contributed by atoms with E-state index in [2.05, 4.69) is 120 Å². The third kappa shape index (κ3) is 15.4. The van der Waals surface area contributed by atoms with Gasteiger partial charge in [-0.15, -0.1) is 0 Å². The maximum absolute atomic E-state index is 2.35. The molecule has 0 fully saturated rings. The van der Waals surface area contributed by atoms with Crippen LogP contribution in [-0.2, 0) is 0 Å². The van der Waals surface area contributed by atoms with E-state index in [9.17, 15) is 0 Å². The fourth-order valence-corrected chi connectivity index (χ4v) is 5.16. The van der Waals surface area contributed by atoms with Crippen LogP contribution in [-0.4, -0.2) is 0 Å². The molecular weight excluding hydrogens is 528 g/mol. The zero-order chi connectivity index (χ0) is 33.3. The van der Waals surface area contributed by atoms with Crippen molar-refractivity contribution in [3.8, 4) is 0 Å². The number of aryl methyl sites for hydroxylation is 2. The van der Waals surface area contributed by atoms with Gasteiger partial charge in [-0.3, -0.25) is 0 Å². The number of rotatable bonds is 0. The second-order valence-corrected chi connectivity index (χ2v) is 11.0. The topological polar surface area (TPSA) is 0 Å². The van der Waals surface area contributed by atoms with Crippen LogP contribution in [0.4, 0.5) is 0 Å². The third-order valence-electron chi connectivity index (χ3n) is 7.36. The molecule has 0 heterocycles. The lowest BCUT2D eigenvalue weighted by atomic mass is 9.71. The van der Waals surface area contributed by atoms with E-state index in [1.54, 1.807) is 11.1 Å². The molecule has 0 N–H and O–H groups in total. The Bertz CT molecular complexity index is 1190. The van der Waals surface area contributed by atoms with Crippen molar-refractivity contribution in [1.82, 2.24) is 0 Å². The highest BCUT2D eigenvalue weighted by Gasteiger charge is 2.28. The van der Waals surface area contributed by atoms with Gasteiger partial charge in [-0.05, 0) is 75.5 Å². The lowest BCUT2D eigenvalue weighted by Gasteiger charge is -2.33. The lowest BCUT2D eigenvalue weighted by molar-refractivity contribution is 0.634. The van der Waals surface area contributed by atoms with Crippen LogP contribution in [0.5, 0.6) is 0 Å². The Morgan fingerprint density at radius 2 is 1.14 bits per heavy atom. The molecule has 240 valence electrons. The number of hydrogen-bond acceptors (Lipinski definition) is 0. The molecule has 3 unspecified atom stereocenters. The van der Waals surface area contributed by atoms with Crippen molar-refractivity contribution in [2.24, 2.45) is 17.8 Å². The molecule has 3 atom stereocenters. The van der Waals surface area contributed by atoms with Crippen LogP contribution in [0.25, 0.3) is 0 Å². The van der Waals surface area contributed by atoms with Gasteiger partial charge in [-0.25, -0.2) is 0 Å². The average Bonchev–Trinajstić information content (AvgIpc) is 3.07. The van der Waals surface area contributed by atoms with Crippen molar-refractivity contribution in [1.29, 1.82) is 0 Å². The average molecular weight is 593 g/mol. The monoisotopic (exact) mass is 593 g/mol. The quantitative estimate of drug-likeness (QED) is 0.285. The third-order valence-corrected chi connectivity index (χ3v) is 7.36. The first-order valence-electron chi connectivity index (χ1n) is 17.2. The van der Waals surface area contributed by atoms with Crippen LogP contribution in [0.15, 0.2) is 143 Å². The van der Waals surface area contributed by atoms with Gasteiger partial charge in [0.15, 0.2) is 0 Å². The largest absolute Gasteiger partial charge is 0.0833 e. The maximum Gasteiger partial charge on any atom is 0.00644 e. The molecule has 0 radical (unpaired) electrons. The van der Waals surface area contributed by atoms with E-state index in [4.69, 9.17) is 0 Å². The number of fused-ring (bicyclic) bond motifs is 2. The van der Waals surface area contributed by atoms with Gasteiger partial charge in [-0.1, -0.05) is 193 Å². The minimum absolute atomic E-state index is 0.624. The van der Waals surface area contributed by atoms with Crippen molar-refractivity contribution in [3.05, 3.63) is 154 Å². The molecule has 0 nitrogen and oxygen atoms in total. The summed E-state index contributed by atoms with van der Waals surface area (Å²) in [7, 11) is 0. The molecule has 0 saturated heterocycles. The molecule has 4 aliphatic carbocycles. The van der Waals surface area contributed by atoms with Gasteiger partial charge in [0.05, 0.1) is 0 Å². The summed E-state index contributed by atoms with van der Waals surface area (Å²) < 4.78 is 0. The van der Waals surface area contributed by atoms with E-state index >= 15 is 0 Å². The van der Waals surface area contributed by atoms with Crippen LogP contribution in [0.2, 0.25) is 0 Å². The highest BCUT2D eigenvalue weighted by molar-refractivity contribution is 5.57. The summed E-state index contributed by atoms with van der Waals surface area (Å²) in [6.45, 7) is 25.2. The predicted octanol–water partition coefficient (Wildman–Crippen LogP) is 13.9. The Labute approximate surface area is 273 Å². The van der Waals surface area contributed by atoms with Crippen LogP contribution in [0.1, 0.15) is 99.6 Å². The summed E-state index contributed by atoms with van der Waals surface area (Å²) in [4.78, 5) is 0. The second kappa shape index (κ2) is 25.0. The molecule has 0 amide bonds. The summed E-state index contributed by atoms with van der Waals surface area (Å²) in [5, 5.41) is 0. The van der Waals surface area contributed by atoms with E-state index in [1.165, 1.54) is 47.1 Å². The molecule has 0 aromatic heterocycles. The first-order chi connectivity index (χ1) is 21.3. The summed E-state index contributed by atoms with van der Waals surface area (Å²) in [6.07, 6.45) is 24.0. The Hall–Kier alpha value is -3.38. The molecule has 2 aromatic carbocycles. The highest BCUT2D eigenvalue weighted by Crippen LogP contribution is 2.43. The van der Waals surface area contributed by atoms with Crippen molar-refractivity contribution < 1.29 is 0 Å². The first-order valence-corrected chi connectivity index (χ1v) is 17.2. The van der Waals surface area contributed by atoms with Crippen LogP contribution in [0, 0.1) is 31.6 Å². The van der Waals surface area contributed by atoms with Crippen LogP contribution >= 0.6 is 0 Å². The minimum Gasteiger partial charge on any atom is -0.0833 e. The van der Waals surface area contributed by atoms with Crippen molar-refractivity contribution >= 4 is 0 Å². The Balaban J connectivity index is 0.000000565. The molecular formula is C44H64. The minimum atomic E-state index is 0.624. The van der Waals surface area contributed by atoms with Crippen molar-refractivity contribution in [2.75, 3.05) is 0 Å². The SMILES string of the molecule is CC.CC.CC.CC1=C2C(=C3C=CC=CC3C1)C=CCC2C.CC1=CCC(C)C=C1.Cc1ccccc1.Cc1ccccc1. The predicted molar refractivity (Wildman–Crippen MR) is 202 cm³/mol. The number of hydrogen-bond donors (Lipinski definition) is 0.